The molecule has 1 aliphatic rings. The lowest BCUT2D eigenvalue weighted by molar-refractivity contribution is -0.138. The van der Waals surface area contributed by atoms with Gasteiger partial charge in [0.05, 0.1) is 18.8 Å². The number of rotatable bonds is 15. The molecule has 1 aliphatic heterocycles. The van der Waals surface area contributed by atoms with Crippen LogP contribution < -0.4 is 5.32 Å². The van der Waals surface area contributed by atoms with E-state index >= 15 is 0 Å². The third-order valence-electron chi connectivity index (χ3n) is 7.15. The normalized spacial score (nSPS) is 20.1. The van der Waals surface area contributed by atoms with Gasteiger partial charge in [-0.2, -0.15) is 0 Å². The molecule has 0 aromatic heterocycles. The molecule has 1 amide bonds. The Kier molecular flexibility index (Phi) is 11.2. The lowest BCUT2D eigenvalue weighted by Gasteiger charge is -2.30. The Hall–Kier alpha value is -2.21. The molecule has 0 saturated carbocycles. The van der Waals surface area contributed by atoms with Crippen molar-refractivity contribution in [2.45, 2.75) is 101 Å². The third-order valence-corrected chi connectivity index (χ3v) is 7.15. The van der Waals surface area contributed by atoms with Crippen molar-refractivity contribution in [2.75, 3.05) is 6.61 Å². The van der Waals surface area contributed by atoms with Crippen LogP contribution in [0.25, 0.3) is 0 Å². The van der Waals surface area contributed by atoms with E-state index in [9.17, 15) is 15.0 Å². The molecule has 1 saturated heterocycles. The Bertz CT molecular complexity index is 818. The zero-order chi connectivity index (χ0) is 24.9. The van der Waals surface area contributed by atoms with E-state index in [4.69, 9.17) is 4.74 Å². The second-order valence-electron chi connectivity index (χ2n) is 9.86. The monoisotopic (exact) mass is 481 g/mol. The van der Waals surface area contributed by atoms with Gasteiger partial charge in [-0.25, -0.2) is 0 Å². The minimum absolute atomic E-state index is 0.245. The van der Waals surface area contributed by atoms with Crippen LogP contribution in [0.3, 0.4) is 0 Å². The standard InChI is InChI=1S/C30H43NO4/c1-2-3-4-5-6-7-8-9-10-17-22-27-28(32)26(23-35-27)31-29(33)30(34,24-18-13-11-14-19-24)25-20-15-12-16-21-25/h11-16,18-21,26-28,32,34H,2-10,17,22-23H2,1H3,(H,31,33)/t26-,27+,28-/m0/s1. The smallest absolute Gasteiger partial charge is 0.261 e. The number of hydrogen-bond donors (Lipinski definition) is 3. The second kappa shape index (κ2) is 14.4. The number of nitrogens with one attached hydrogen (secondary N) is 1. The maximum absolute atomic E-state index is 13.4. The number of benzene rings is 2. The van der Waals surface area contributed by atoms with Crippen LogP contribution in [0.2, 0.25) is 0 Å². The van der Waals surface area contributed by atoms with Crippen molar-refractivity contribution in [3.63, 3.8) is 0 Å². The highest BCUT2D eigenvalue weighted by Gasteiger charge is 2.44. The minimum atomic E-state index is -1.85. The molecule has 0 spiro atoms. The fraction of sp³-hybridized carbons (Fsp3) is 0.567. The first-order chi connectivity index (χ1) is 17.1. The van der Waals surface area contributed by atoms with Gasteiger partial charge in [0.2, 0.25) is 0 Å². The molecule has 3 atom stereocenters. The van der Waals surface area contributed by atoms with Gasteiger partial charge >= 0.3 is 0 Å². The predicted octanol–water partition coefficient (Wildman–Crippen LogP) is 5.48. The van der Waals surface area contributed by atoms with Gasteiger partial charge in [0.1, 0.15) is 6.10 Å². The molecule has 2 aromatic carbocycles. The number of ether oxygens (including phenoxy) is 1. The highest BCUT2D eigenvalue weighted by Crippen LogP contribution is 2.31. The van der Waals surface area contributed by atoms with Crippen molar-refractivity contribution < 1.29 is 19.7 Å². The predicted molar refractivity (Wildman–Crippen MR) is 140 cm³/mol. The Morgan fingerprint density at radius 1 is 0.857 bits per heavy atom. The number of aliphatic hydroxyl groups is 2. The molecule has 3 N–H and O–H groups in total. The summed E-state index contributed by atoms with van der Waals surface area (Å²) in [5.41, 5.74) is -0.880. The zero-order valence-electron chi connectivity index (χ0n) is 21.2. The van der Waals surface area contributed by atoms with Crippen molar-refractivity contribution in [2.24, 2.45) is 0 Å². The summed E-state index contributed by atoms with van der Waals surface area (Å²) in [6.45, 7) is 2.49. The van der Waals surface area contributed by atoms with E-state index in [0.717, 1.165) is 19.3 Å². The highest BCUT2D eigenvalue weighted by molar-refractivity contribution is 5.90. The Morgan fingerprint density at radius 3 is 1.86 bits per heavy atom. The van der Waals surface area contributed by atoms with E-state index in [-0.39, 0.29) is 12.7 Å². The van der Waals surface area contributed by atoms with Crippen LogP contribution in [-0.4, -0.2) is 41.0 Å². The van der Waals surface area contributed by atoms with Crippen LogP contribution in [0.4, 0.5) is 0 Å². The van der Waals surface area contributed by atoms with E-state index in [2.05, 4.69) is 12.2 Å². The molecule has 0 aliphatic carbocycles. The molecule has 1 fully saturated rings. The van der Waals surface area contributed by atoms with Gasteiger partial charge in [0.15, 0.2) is 5.60 Å². The highest BCUT2D eigenvalue weighted by atomic mass is 16.5. The van der Waals surface area contributed by atoms with Gasteiger partial charge in [0.25, 0.3) is 5.91 Å². The van der Waals surface area contributed by atoms with Crippen molar-refractivity contribution >= 4 is 5.91 Å². The fourth-order valence-corrected chi connectivity index (χ4v) is 4.96. The van der Waals surface area contributed by atoms with Crippen molar-refractivity contribution in [1.29, 1.82) is 0 Å². The van der Waals surface area contributed by atoms with Crippen molar-refractivity contribution in [1.82, 2.24) is 5.32 Å². The average Bonchev–Trinajstić information content (AvgIpc) is 3.24. The maximum atomic E-state index is 13.4. The van der Waals surface area contributed by atoms with Gasteiger partial charge in [-0.1, -0.05) is 132 Å². The molecule has 5 heteroatoms. The first-order valence-electron chi connectivity index (χ1n) is 13.5. The SMILES string of the molecule is CCCCCCCCCCCC[C@H]1OC[C@H](NC(=O)C(O)(c2ccccc2)c2ccccc2)[C@@H]1O. The van der Waals surface area contributed by atoms with E-state index in [1.807, 2.05) is 12.1 Å². The van der Waals surface area contributed by atoms with Crippen molar-refractivity contribution in [3.05, 3.63) is 71.8 Å². The molecule has 35 heavy (non-hydrogen) atoms. The van der Waals surface area contributed by atoms with Gasteiger partial charge in [0, 0.05) is 0 Å². The molecule has 0 unspecified atom stereocenters. The average molecular weight is 482 g/mol. The third kappa shape index (κ3) is 7.63. The lowest BCUT2D eigenvalue weighted by atomic mass is 9.85. The van der Waals surface area contributed by atoms with Gasteiger partial charge in [-0.3, -0.25) is 4.79 Å². The number of aliphatic hydroxyl groups excluding tert-OH is 1. The van der Waals surface area contributed by atoms with Crippen LogP contribution in [0, 0.1) is 0 Å². The van der Waals surface area contributed by atoms with E-state index in [1.165, 1.54) is 51.4 Å². The molecule has 5 nitrogen and oxygen atoms in total. The molecule has 0 radical (unpaired) electrons. The topological polar surface area (TPSA) is 78.8 Å². The van der Waals surface area contributed by atoms with E-state index < -0.39 is 23.7 Å². The summed E-state index contributed by atoms with van der Waals surface area (Å²) >= 11 is 0. The van der Waals surface area contributed by atoms with Crippen LogP contribution in [-0.2, 0) is 15.1 Å². The molecule has 0 bridgehead atoms. The summed E-state index contributed by atoms with van der Waals surface area (Å²) in [4.78, 5) is 13.4. The van der Waals surface area contributed by atoms with Gasteiger partial charge < -0.3 is 20.3 Å². The van der Waals surface area contributed by atoms with Crippen LogP contribution in [0.1, 0.15) is 88.7 Å². The quantitative estimate of drug-likeness (QED) is 0.294. The molecule has 2 aromatic rings. The minimum Gasteiger partial charge on any atom is -0.388 e. The molecule has 192 valence electrons. The molecular weight excluding hydrogens is 438 g/mol. The first kappa shape index (κ1) is 27.4. The van der Waals surface area contributed by atoms with Gasteiger partial charge in [-0.15, -0.1) is 0 Å². The number of carbonyl (C=O) groups excluding carboxylic acids is 1. The fourth-order valence-electron chi connectivity index (χ4n) is 4.96. The summed E-state index contributed by atoms with van der Waals surface area (Å²) in [7, 11) is 0. The van der Waals surface area contributed by atoms with E-state index in [0.29, 0.717) is 11.1 Å². The second-order valence-corrected chi connectivity index (χ2v) is 9.86. The first-order valence-corrected chi connectivity index (χ1v) is 13.5. The zero-order valence-corrected chi connectivity index (χ0v) is 21.2. The Morgan fingerprint density at radius 2 is 1.34 bits per heavy atom. The maximum Gasteiger partial charge on any atom is 0.261 e. The lowest BCUT2D eigenvalue weighted by Crippen LogP contribution is -2.52. The van der Waals surface area contributed by atoms with Crippen LogP contribution >= 0.6 is 0 Å². The summed E-state index contributed by atoms with van der Waals surface area (Å²) < 4.78 is 5.84. The van der Waals surface area contributed by atoms with E-state index in [1.54, 1.807) is 48.5 Å². The van der Waals surface area contributed by atoms with Crippen LogP contribution in [0.5, 0.6) is 0 Å². The summed E-state index contributed by atoms with van der Waals surface area (Å²) in [6.07, 6.45) is 12.4. The van der Waals surface area contributed by atoms with Crippen LogP contribution in [0.15, 0.2) is 60.7 Å². The number of amides is 1. The molecular formula is C30H43NO4. The molecule has 1 heterocycles. The number of unbranched alkanes of at least 4 members (excludes halogenated alkanes) is 9. The van der Waals surface area contributed by atoms with Crippen molar-refractivity contribution in [3.8, 4) is 0 Å². The number of hydrogen-bond acceptors (Lipinski definition) is 4. The number of carbonyl (C=O) groups is 1. The summed E-state index contributed by atoms with van der Waals surface area (Å²) in [5, 5.41) is 25.3. The Labute approximate surface area is 210 Å². The largest absolute Gasteiger partial charge is 0.388 e. The molecule has 3 rings (SSSR count). The summed E-state index contributed by atoms with van der Waals surface area (Å²) in [6, 6.07) is 17.3. The Balaban J connectivity index is 1.46. The summed E-state index contributed by atoms with van der Waals surface area (Å²) in [5.74, 6) is -0.554. The van der Waals surface area contributed by atoms with Gasteiger partial charge in [-0.05, 0) is 17.5 Å².